The molecule has 0 amide bonds. The molecule has 10 atom stereocenters. The summed E-state index contributed by atoms with van der Waals surface area (Å²) in [5.74, 6) is 0. The number of hydrogen-bond acceptors (Lipinski definition) is 11. The van der Waals surface area contributed by atoms with Crippen LogP contribution in [0.4, 0.5) is 0 Å². The van der Waals surface area contributed by atoms with Crippen LogP contribution in [0, 0.1) is 0 Å². The van der Waals surface area contributed by atoms with Crippen LogP contribution in [-0.2, 0) is 14.2 Å². The fraction of sp³-hybridized carbons (Fsp3) is 1.00. The summed E-state index contributed by atoms with van der Waals surface area (Å²) in [6.45, 7) is -1.33. The van der Waals surface area contributed by atoms with E-state index in [4.69, 9.17) is 24.4 Å². The third-order valence-corrected chi connectivity index (χ3v) is 3.98. The van der Waals surface area contributed by atoms with Crippen molar-refractivity contribution in [3.63, 3.8) is 0 Å². The first kappa shape index (κ1) is 18.9. The molecule has 0 aromatic heterocycles. The van der Waals surface area contributed by atoms with E-state index in [0.29, 0.717) is 0 Å². The van der Waals surface area contributed by atoms with E-state index in [1.165, 1.54) is 0 Å². The van der Waals surface area contributed by atoms with Gasteiger partial charge in [0.05, 0.1) is 13.2 Å². The van der Waals surface area contributed by atoms with Gasteiger partial charge in [0, 0.05) is 0 Å². The van der Waals surface area contributed by atoms with Crippen LogP contribution in [0.3, 0.4) is 0 Å². The van der Waals surface area contributed by atoms with Crippen molar-refractivity contribution < 1.29 is 55.1 Å². The largest absolute Gasteiger partial charge is 0.394 e. The van der Waals surface area contributed by atoms with E-state index in [1.54, 1.807) is 0 Å². The molecule has 11 heteroatoms. The minimum absolute atomic E-state index is 0.651. The van der Waals surface area contributed by atoms with E-state index in [9.17, 15) is 30.6 Å². The number of rotatable bonds is 4. The molecule has 8 N–H and O–H groups in total. The van der Waals surface area contributed by atoms with Crippen molar-refractivity contribution in [1.82, 2.24) is 0 Å². The van der Waals surface area contributed by atoms with Gasteiger partial charge in [0.2, 0.25) is 0 Å². The lowest BCUT2D eigenvalue weighted by Gasteiger charge is -2.44. The Labute approximate surface area is 130 Å². The summed E-state index contributed by atoms with van der Waals surface area (Å²) in [5, 5.41) is 76.7. The Hall–Kier alpha value is -0.440. The minimum atomic E-state index is -1.75. The molecule has 0 spiro atoms. The second-order valence-corrected chi connectivity index (χ2v) is 5.53. The third kappa shape index (κ3) is 3.65. The molecule has 1 unspecified atom stereocenters. The van der Waals surface area contributed by atoms with E-state index in [2.05, 4.69) is 0 Å². The van der Waals surface area contributed by atoms with Gasteiger partial charge in [-0.15, -0.1) is 0 Å². The topological polar surface area (TPSA) is 190 Å². The quantitative estimate of drug-likeness (QED) is 0.243. The van der Waals surface area contributed by atoms with Crippen LogP contribution in [0.5, 0.6) is 0 Å². The second-order valence-electron chi connectivity index (χ2n) is 5.53. The molecular formula is C12H22O11. The maximum absolute atomic E-state index is 9.94. The van der Waals surface area contributed by atoms with Gasteiger partial charge in [0.1, 0.15) is 48.8 Å². The van der Waals surface area contributed by atoms with Crippen LogP contribution in [0.1, 0.15) is 0 Å². The summed E-state index contributed by atoms with van der Waals surface area (Å²) >= 11 is 0. The normalized spacial score (nSPS) is 51.7. The van der Waals surface area contributed by atoms with Crippen molar-refractivity contribution in [3.05, 3.63) is 0 Å². The van der Waals surface area contributed by atoms with Crippen LogP contribution >= 0.6 is 0 Å². The minimum Gasteiger partial charge on any atom is -0.394 e. The Balaban J connectivity index is 2.08. The molecule has 2 rings (SSSR count). The first-order valence-corrected chi connectivity index (χ1v) is 7.08. The fourth-order valence-electron chi connectivity index (χ4n) is 2.55. The molecule has 0 aromatic rings. The van der Waals surface area contributed by atoms with Crippen molar-refractivity contribution in [2.75, 3.05) is 13.2 Å². The molecular weight excluding hydrogens is 320 g/mol. The highest BCUT2D eigenvalue weighted by molar-refractivity contribution is 4.93. The molecule has 0 aromatic carbocycles. The van der Waals surface area contributed by atoms with E-state index in [-0.39, 0.29) is 0 Å². The number of ether oxygens (including phenoxy) is 3. The molecule has 0 aliphatic carbocycles. The van der Waals surface area contributed by atoms with Crippen LogP contribution < -0.4 is 0 Å². The maximum Gasteiger partial charge on any atom is 0.187 e. The molecule has 136 valence electrons. The average Bonchev–Trinajstić information content (AvgIpc) is 2.54. The molecule has 2 fully saturated rings. The summed E-state index contributed by atoms with van der Waals surface area (Å²) in [5.41, 5.74) is 0. The summed E-state index contributed by atoms with van der Waals surface area (Å²) in [4.78, 5) is 0. The predicted molar refractivity (Wildman–Crippen MR) is 68.6 cm³/mol. The van der Waals surface area contributed by atoms with Crippen LogP contribution in [-0.4, -0.2) is 115 Å². The zero-order valence-electron chi connectivity index (χ0n) is 12.0. The predicted octanol–water partition coefficient (Wildman–Crippen LogP) is -5.40. The molecule has 2 aliphatic heterocycles. The van der Waals surface area contributed by atoms with Gasteiger partial charge in [-0.2, -0.15) is 0 Å². The van der Waals surface area contributed by atoms with Gasteiger partial charge >= 0.3 is 0 Å². The Morgan fingerprint density at radius 2 is 1.17 bits per heavy atom. The van der Waals surface area contributed by atoms with E-state index >= 15 is 0 Å². The molecule has 2 heterocycles. The summed E-state index contributed by atoms with van der Waals surface area (Å²) in [7, 11) is 0. The first-order chi connectivity index (χ1) is 10.8. The van der Waals surface area contributed by atoms with Gasteiger partial charge in [0.15, 0.2) is 12.6 Å². The van der Waals surface area contributed by atoms with Gasteiger partial charge in [-0.25, -0.2) is 0 Å². The average molecular weight is 342 g/mol. The SMILES string of the molecule is OC[C@H]1O[C@@H](O)[C@H](O[C@H]2O[C@H](CO)[C@@H](O)C(O)[C@H]2O)[C@@H](O)[C@H]1O. The van der Waals surface area contributed by atoms with Gasteiger partial charge in [-0.3, -0.25) is 0 Å². The van der Waals surface area contributed by atoms with Crippen molar-refractivity contribution in [2.24, 2.45) is 0 Å². The standard InChI is InChI=1S/C12H22O11/c13-1-3-6(16)8(18)10(11(20)21-3)23-12-9(19)7(17)5(15)4(2-14)22-12/h3-20H,1-2H2/t3-,4-,5-,6+,7?,8+,9-,10-,11-,12-/m1/s1. The van der Waals surface area contributed by atoms with Gasteiger partial charge in [-0.1, -0.05) is 0 Å². The molecule has 0 bridgehead atoms. The van der Waals surface area contributed by atoms with Crippen molar-refractivity contribution in [1.29, 1.82) is 0 Å². The van der Waals surface area contributed by atoms with Crippen LogP contribution in [0.25, 0.3) is 0 Å². The Kier molecular flexibility index (Phi) is 6.27. The smallest absolute Gasteiger partial charge is 0.187 e. The van der Waals surface area contributed by atoms with Gasteiger partial charge in [-0.05, 0) is 0 Å². The Bertz CT molecular complexity index is 380. The lowest BCUT2D eigenvalue weighted by atomic mass is 9.97. The molecule has 2 aliphatic rings. The van der Waals surface area contributed by atoms with E-state index in [0.717, 1.165) is 0 Å². The molecule has 2 saturated heterocycles. The van der Waals surface area contributed by atoms with Crippen molar-refractivity contribution in [2.45, 2.75) is 61.4 Å². The Morgan fingerprint density at radius 3 is 1.74 bits per heavy atom. The summed E-state index contributed by atoms with van der Waals surface area (Å²) < 4.78 is 15.1. The number of aliphatic hydroxyl groups is 8. The lowest BCUT2D eigenvalue weighted by Crippen LogP contribution is -2.64. The van der Waals surface area contributed by atoms with Crippen molar-refractivity contribution >= 4 is 0 Å². The van der Waals surface area contributed by atoms with E-state index < -0.39 is 74.6 Å². The van der Waals surface area contributed by atoms with Gasteiger partial charge < -0.3 is 55.1 Å². The monoisotopic (exact) mass is 342 g/mol. The number of aliphatic hydroxyl groups excluding tert-OH is 8. The number of hydrogen-bond donors (Lipinski definition) is 8. The zero-order valence-corrected chi connectivity index (χ0v) is 12.0. The maximum atomic E-state index is 9.94. The van der Waals surface area contributed by atoms with Crippen LogP contribution in [0.15, 0.2) is 0 Å². The third-order valence-electron chi connectivity index (χ3n) is 3.98. The molecule has 23 heavy (non-hydrogen) atoms. The highest BCUT2D eigenvalue weighted by atomic mass is 16.7. The lowest BCUT2D eigenvalue weighted by molar-refractivity contribution is -0.361. The first-order valence-electron chi connectivity index (χ1n) is 7.08. The highest BCUT2D eigenvalue weighted by Gasteiger charge is 2.50. The van der Waals surface area contributed by atoms with Crippen molar-refractivity contribution in [3.8, 4) is 0 Å². The molecule has 0 saturated carbocycles. The molecule has 11 nitrogen and oxygen atoms in total. The zero-order chi connectivity index (χ0) is 17.3. The van der Waals surface area contributed by atoms with Crippen LogP contribution in [0.2, 0.25) is 0 Å². The highest BCUT2D eigenvalue weighted by Crippen LogP contribution is 2.28. The van der Waals surface area contributed by atoms with Gasteiger partial charge in [0.25, 0.3) is 0 Å². The Morgan fingerprint density at radius 1 is 0.652 bits per heavy atom. The van der Waals surface area contributed by atoms with E-state index in [1.807, 2.05) is 0 Å². The summed E-state index contributed by atoms with van der Waals surface area (Å²) in [6, 6.07) is 0. The fourth-order valence-corrected chi connectivity index (χ4v) is 2.55. The molecule has 0 radical (unpaired) electrons. The summed E-state index contributed by atoms with van der Waals surface area (Å²) in [6.07, 6.45) is -15.6. The second kappa shape index (κ2) is 7.63.